The quantitative estimate of drug-likeness (QED) is 0.850. The minimum atomic E-state index is 0.169. The number of rotatable bonds is 6. The third kappa shape index (κ3) is 3.97. The first kappa shape index (κ1) is 15.8. The smallest absolute Gasteiger partial charge is 0.0496 e. The van der Waals surface area contributed by atoms with Gasteiger partial charge in [-0.1, -0.05) is 43.5 Å². The Balaban J connectivity index is 2.11. The van der Waals surface area contributed by atoms with E-state index in [1.165, 1.54) is 31.2 Å². The van der Waals surface area contributed by atoms with Gasteiger partial charge in [-0.2, -0.15) is 0 Å². The van der Waals surface area contributed by atoms with Gasteiger partial charge in [0.1, 0.15) is 0 Å². The van der Waals surface area contributed by atoms with E-state index >= 15 is 0 Å². The summed E-state index contributed by atoms with van der Waals surface area (Å²) in [6.07, 6.45) is 6.52. The van der Waals surface area contributed by atoms with Gasteiger partial charge in [0.15, 0.2) is 0 Å². The van der Waals surface area contributed by atoms with Crippen molar-refractivity contribution in [1.82, 2.24) is 4.90 Å². The normalized spacial score (nSPS) is 19.4. The van der Waals surface area contributed by atoms with E-state index in [1.54, 1.807) is 0 Å². The second kappa shape index (κ2) is 7.44. The van der Waals surface area contributed by atoms with E-state index in [-0.39, 0.29) is 12.1 Å². The first-order chi connectivity index (χ1) is 9.61. The molecule has 1 aromatic rings. The Labute approximate surface area is 128 Å². The van der Waals surface area contributed by atoms with Crippen LogP contribution in [0.15, 0.2) is 24.3 Å². The van der Waals surface area contributed by atoms with Crippen molar-refractivity contribution in [3.8, 4) is 0 Å². The molecule has 1 saturated carbocycles. The van der Waals surface area contributed by atoms with Crippen LogP contribution in [0.4, 0.5) is 0 Å². The summed E-state index contributed by atoms with van der Waals surface area (Å²) >= 11 is 6.00. The summed E-state index contributed by atoms with van der Waals surface area (Å²) in [6.45, 7) is 3.32. The van der Waals surface area contributed by atoms with Crippen LogP contribution >= 0.6 is 11.6 Å². The third-order valence-electron chi connectivity index (χ3n) is 4.58. The summed E-state index contributed by atoms with van der Waals surface area (Å²) in [5.41, 5.74) is 7.67. The lowest BCUT2D eigenvalue weighted by Gasteiger charge is -2.34. The zero-order valence-corrected chi connectivity index (χ0v) is 13.4. The van der Waals surface area contributed by atoms with E-state index in [9.17, 15) is 0 Å². The molecular weight excluding hydrogens is 268 g/mol. The topological polar surface area (TPSA) is 29.3 Å². The van der Waals surface area contributed by atoms with E-state index in [0.29, 0.717) is 0 Å². The molecule has 2 rings (SSSR count). The fourth-order valence-electron chi connectivity index (χ4n) is 3.43. The van der Waals surface area contributed by atoms with E-state index in [1.807, 2.05) is 12.1 Å². The van der Waals surface area contributed by atoms with Gasteiger partial charge in [-0.15, -0.1) is 0 Å². The molecule has 2 atom stereocenters. The number of nitrogens with zero attached hydrogens (tertiary/aromatic N) is 1. The van der Waals surface area contributed by atoms with Crippen molar-refractivity contribution in [2.24, 2.45) is 11.7 Å². The Bertz CT molecular complexity index is 398. The lowest BCUT2D eigenvalue weighted by molar-refractivity contribution is 0.180. The van der Waals surface area contributed by atoms with E-state index < -0.39 is 0 Å². The maximum Gasteiger partial charge on any atom is 0.0496 e. The monoisotopic (exact) mass is 294 g/mol. The molecule has 0 aliphatic heterocycles. The molecule has 2 nitrogen and oxygen atoms in total. The molecule has 0 bridgehead atoms. The molecule has 0 aromatic heterocycles. The molecule has 2 N–H and O–H groups in total. The van der Waals surface area contributed by atoms with Crippen LogP contribution in [-0.4, -0.2) is 24.5 Å². The molecule has 0 spiro atoms. The van der Waals surface area contributed by atoms with Gasteiger partial charge in [0, 0.05) is 23.7 Å². The molecule has 0 saturated heterocycles. The van der Waals surface area contributed by atoms with Crippen molar-refractivity contribution < 1.29 is 0 Å². The van der Waals surface area contributed by atoms with E-state index in [4.69, 9.17) is 17.3 Å². The zero-order valence-electron chi connectivity index (χ0n) is 12.7. The molecule has 2 unspecified atom stereocenters. The van der Waals surface area contributed by atoms with Gasteiger partial charge in [0.2, 0.25) is 0 Å². The molecule has 20 heavy (non-hydrogen) atoms. The number of hydrogen-bond acceptors (Lipinski definition) is 2. The summed E-state index contributed by atoms with van der Waals surface area (Å²) in [4.78, 5) is 2.45. The van der Waals surface area contributed by atoms with Gasteiger partial charge in [-0.05, 0) is 49.9 Å². The fourth-order valence-corrected chi connectivity index (χ4v) is 3.55. The van der Waals surface area contributed by atoms with Crippen LogP contribution in [0.5, 0.6) is 0 Å². The molecular formula is C17H27ClN2. The highest BCUT2D eigenvalue weighted by molar-refractivity contribution is 6.30. The molecule has 3 heteroatoms. The molecule has 0 amide bonds. The molecule has 0 radical (unpaired) electrons. The zero-order chi connectivity index (χ0) is 14.5. The molecule has 1 aliphatic rings. The van der Waals surface area contributed by atoms with Crippen LogP contribution in [0.2, 0.25) is 5.02 Å². The van der Waals surface area contributed by atoms with Gasteiger partial charge >= 0.3 is 0 Å². The predicted molar refractivity (Wildman–Crippen MR) is 87.0 cm³/mol. The lowest BCUT2D eigenvalue weighted by atomic mass is 9.95. The summed E-state index contributed by atoms with van der Waals surface area (Å²) in [5.74, 6) is 0.846. The summed E-state index contributed by atoms with van der Waals surface area (Å²) < 4.78 is 0. The Morgan fingerprint density at radius 3 is 2.40 bits per heavy atom. The van der Waals surface area contributed by atoms with Crippen LogP contribution in [0.1, 0.15) is 50.6 Å². The van der Waals surface area contributed by atoms with Crippen molar-refractivity contribution in [2.45, 2.75) is 51.1 Å². The standard InChI is InChI=1S/C17H27ClN2/c1-3-16(19)17(14-8-10-15(18)11-9-14)20(2)12-13-6-4-5-7-13/h8-11,13,16-17H,3-7,12,19H2,1-2H3. The number of likely N-dealkylation sites (N-methyl/N-ethyl adjacent to an activating group) is 1. The van der Waals surface area contributed by atoms with Crippen molar-refractivity contribution in [3.05, 3.63) is 34.9 Å². The second-order valence-corrected chi connectivity index (χ2v) is 6.59. The first-order valence-corrected chi connectivity index (χ1v) is 8.21. The Hall–Kier alpha value is -0.570. The van der Waals surface area contributed by atoms with Crippen LogP contribution in [0.25, 0.3) is 0 Å². The molecule has 1 aromatic carbocycles. The molecule has 0 heterocycles. The summed E-state index contributed by atoms with van der Waals surface area (Å²) in [7, 11) is 2.22. The van der Waals surface area contributed by atoms with Gasteiger partial charge in [-0.3, -0.25) is 4.90 Å². The maximum atomic E-state index is 6.39. The van der Waals surface area contributed by atoms with Gasteiger partial charge in [-0.25, -0.2) is 0 Å². The van der Waals surface area contributed by atoms with E-state index in [0.717, 1.165) is 23.9 Å². The maximum absolute atomic E-state index is 6.39. The average molecular weight is 295 g/mol. The second-order valence-electron chi connectivity index (χ2n) is 6.16. The molecule has 1 fully saturated rings. The number of benzene rings is 1. The number of halogens is 1. The van der Waals surface area contributed by atoms with Gasteiger partial charge in [0.05, 0.1) is 0 Å². The highest BCUT2D eigenvalue weighted by Gasteiger charge is 2.26. The van der Waals surface area contributed by atoms with Gasteiger partial charge in [0.25, 0.3) is 0 Å². The van der Waals surface area contributed by atoms with Crippen molar-refractivity contribution in [1.29, 1.82) is 0 Å². The fraction of sp³-hybridized carbons (Fsp3) is 0.647. The van der Waals surface area contributed by atoms with Crippen LogP contribution in [0, 0.1) is 5.92 Å². The average Bonchev–Trinajstić information content (AvgIpc) is 2.94. The molecule has 112 valence electrons. The Morgan fingerprint density at radius 1 is 1.25 bits per heavy atom. The summed E-state index contributed by atoms with van der Waals surface area (Å²) in [5, 5.41) is 0.788. The number of hydrogen-bond donors (Lipinski definition) is 1. The molecule has 1 aliphatic carbocycles. The minimum absolute atomic E-state index is 0.169. The van der Waals surface area contributed by atoms with Crippen LogP contribution < -0.4 is 5.73 Å². The minimum Gasteiger partial charge on any atom is -0.326 e. The van der Waals surface area contributed by atoms with Gasteiger partial charge < -0.3 is 5.73 Å². The lowest BCUT2D eigenvalue weighted by Crippen LogP contribution is -2.40. The highest BCUT2D eigenvalue weighted by atomic mass is 35.5. The Kier molecular flexibility index (Phi) is 5.88. The van der Waals surface area contributed by atoms with Crippen LogP contribution in [0.3, 0.4) is 0 Å². The first-order valence-electron chi connectivity index (χ1n) is 7.83. The Morgan fingerprint density at radius 2 is 1.85 bits per heavy atom. The van der Waals surface area contributed by atoms with Crippen molar-refractivity contribution in [3.63, 3.8) is 0 Å². The summed E-state index contributed by atoms with van der Waals surface area (Å²) in [6, 6.07) is 8.63. The largest absolute Gasteiger partial charge is 0.326 e. The van der Waals surface area contributed by atoms with Crippen LogP contribution in [-0.2, 0) is 0 Å². The highest BCUT2D eigenvalue weighted by Crippen LogP contribution is 2.30. The number of nitrogens with two attached hydrogens (primary N) is 1. The van der Waals surface area contributed by atoms with Crippen molar-refractivity contribution in [2.75, 3.05) is 13.6 Å². The predicted octanol–water partition coefficient (Wildman–Crippen LogP) is 4.24. The van der Waals surface area contributed by atoms with E-state index in [2.05, 4.69) is 31.0 Å². The SMILES string of the molecule is CCC(N)C(c1ccc(Cl)cc1)N(C)CC1CCCC1. The van der Waals surface area contributed by atoms with Crippen molar-refractivity contribution >= 4 is 11.6 Å². The third-order valence-corrected chi connectivity index (χ3v) is 4.84.